The summed E-state index contributed by atoms with van der Waals surface area (Å²) in [7, 11) is 1.24. The molecule has 0 saturated heterocycles. The van der Waals surface area contributed by atoms with E-state index in [-0.39, 0.29) is 5.92 Å². The molecule has 0 N–H and O–H groups in total. The first-order valence-electron chi connectivity index (χ1n) is 2.96. The molecule has 3 nitrogen and oxygen atoms in total. The van der Waals surface area contributed by atoms with E-state index in [1.807, 2.05) is 13.8 Å². The zero-order valence-corrected chi connectivity index (χ0v) is 7.01. The molecule has 0 spiro atoms. The van der Waals surface area contributed by atoms with Crippen LogP contribution in [0.2, 0.25) is 0 Å². The Bertz CT molecular complexity index is 114. The minimum atomic E-state index is -0.742. The smallest absolute Gasteiger partial charge is 0.438 e. The maximum Gasteiger partial charge on any atom is 0.509 e. The summed E-state index contributed by atoms with van der Waals surface area (Å²) in [6.07, 6.45) is -0.742. The number of hydrogen-bond donors (Lipinski definition) is 0. The predicted molar refractivity (Wildman–Crippen MR) is 38.0 cm³/mol. The Morgan fingerprint density at radius 2 is 2.00 bits per heavy atom. The van der Waals surface area contributed by atoms with Gasteiger partial charge in [-0.3, -0.25) is 0 Å². The summed E-state index contributed by atoms with van der Waals surface area (Å²) >= 11 is 5.57. The van der Waals surface area contributed by atoms with Crippen LogP contribution in [-0.4, -0.2) is 18.8 Å². The van der Waals surface area contributed by atoms with Gasteiger partial charge in [-0.05, 0) is 0 Å². The van der Waals surface area contributed by atoms with Gasteiger partial charge in [0.2, 0.25) is 0 Å². The molecule has 4 heteroatoms. The average Bonchev–Trinajstić information content (AvgIpc) is 1.87. The molecule has 0 aromatic rings. The first kappa shape index (κ1) is 9.56. The Kier molecular flexibility index (Phi) is 4.19. The van der Waals surface area contributed by atoms with E-state index in [2.05, 4.69) is 9.47 Å². The van der Waals surface area contributed by atoms with Gasteiger partial charge in [-0.15, -0.1) is 0 Å². The summed E-state index contributed by atoms with van der Waals surface area (Å²) in [6, 6.07) is 0. The number of hydrogen-bond acceptors (Lipinski definition) is 3. The number of ether oxygens (including phenoxy) is 2. The zero-order valence-electron chi connectivity index (χ0n) is 6.26. The summed E-state index contributed by atoms with van der Waals surface area (Å²) in [6.45, 7) is 3.70. The second-order valence-corrected chi connectivity index (χ2v) is 2.60. The molecule has 0 bridgehead atoms. The first-order valence-corrected chi connectivity index (χ1v) is 3.40. The van der Waals surface area contributed by atoms with Gasteiger partial charge in [0.05, 0.1) is 7.11 Å². The summed E-state index contributed by atoms with van der Waals surface area (Å²) in [5.74, 6) is 0.0979. The molecule has 0 fully saturated rings. The van der Waals surface area contributed by atoms with Gasteiger partial charge in [0.1, 0.15) is 0 Å². The minimum Gasteiger partial charge on any atom is -0.438 e. The SMILES string of the molecule is COC(=O)O[C@@H](Cl)C(C)C. The molecule has 0 aliphatic heterocycles. The van der Waals surface area contributed by atoms with Gasteiger partial charge < -0.3 is 9.47 Å². The monoisotopic (exact) mass is 166 g/mol. The molecule has 0 saturated carbocycles. The lowest BCUT2D eigenvalue weighted by Gasteiger charge is -2.12. The molecular weight excluding hydrogens is 156 g/mol. The third-order valence-electron chi connectivity index (χ3n) is 0.900. The molecule has 0 rings (SSSR count). The Labute approximate surface area is 65.3 Å². The fourth-order valence-electron chi connectivity index (χ4n) is 0.276. The van der Waals surface area contributed by atoms with E-state index in [9.17, 15) is 4.79 Å². The molecule has 0 aliphatic carbocycles. The highest BCUT2D eigenvalue weighted by atomic mass is 35.5. The topological polar surface area (TPSA) is 35.5 Å². The Hall–Kier alpha value is -0.440. The summed E-state index contributed by atoms with van der Waals surface area (Å²) in [5, 5.41) is 0. The molecule has 10 heavy (non-hydrogen) atoms. The Morgan fingerprint density at radius 1 is 1.50 bits per heavy atom. The van der Waals surface area contributed by atoms with Crippen LogP contribution < -0.4 is 0 Å². The van der Waals surface area contributed by atoms with E-state index in [1.54, 1.807) is 0 Å². The Morgan fingerprint density at radius 3 is 2.30 bits per heavy atom. The molecule has 0 amide bonds. The standard InChI is InChI=1S/C6H11ClO3/c1-4(2)5(7)10-6(8)9-3/h4-5H,1-3H3/t5-/m1/s1. The highest BCUT2D eigenvalue weighted by Gasteiger charge is 2.14. The zero-order chi connectivity index (χ0) is 8.15. The molecule has 0 heterocycles. The van der Waals surface area contributed by atoms with Crippen LogP contribution in [0.15, 0.2) is 0 Å². The van der Waals surface area contributed by atoms with Crippen LogP contribution >= 0.6 is 11.6 Å². The van der Waals surface area contributed by atoms with Crippen molar-refractivity contribution >= 4 is 17.8 Å². The fourth-order valence-corrected chi connectivity index (χ4v) is 0.349. The van der Waals surface area contributed by atoms with Gasteiger partial charge in [-0.1, -0.05) is 25.4 Å². The van der Waals surface area contributed by atoms with Gasteiger partial charge >= 0.3 is 6.16 Å². The largest absolute Gasteiger partial charge is 0.509 e. The van der Waals surface area contributed by atoms with Gasteiger partial charge in [0.15, 0.2) is 5.56 Å². The summed E-state index contributed by atoms with van der Waals surface area (Å²) in [4.78, 5) is 10.4. The normalized spacial score (nSPS) is 12.9. The van der Waals surface area contributed by atoms with E-state index >= 15 is 0 Å². The van der Waals surface area contributed by atoms with Crippen molar-refractivity contribution in [1.82, 2.24) is 0 Å². The molecule has 0 aromatic heterocycles. The third kappa shape index (κ3) is 3.56. The van der Waals surface area contributed by atoms with Crippen LogP contribution in [0.5, 0.6) is 0 Å². The highest BCUT2D eigenvalue weighted by molar-refractivity contribution is 6.20. The van der Waals surface area contributed by atoms with Gasteiger partial charge in [0, 0.05) is 5.92 Å². The van der Waals surface area contributed by atoms with Crippen LogP contribution in [0.1, 0.15) is 13.8 Å². The first-order chi connectivity index (χ1) is 4.57. The van der Waals surface area contributed by atoms with E-state index in [0.717, 1.165) is 0 Å². The average molecular weight is 167 g/mol. The van der Waals surface area contributed by atoms with Crippen LogP contribution in [0.4, 0.5) is 4.79 Å². The second-order valence-electron chi connectivity index (χ2n) is 2.17. The van der Waals surface area contributed by atoms with Gasteiger partial charge in [-0.25, -0.2) is 4.79 Å². The summed E-state index contributed by atoms with van der Waals surface area (Å²) in [5.41, 5.74) is -0.604. The van der Waals surface area contributed by atoms with Crippen molar-refractivity contribution in [3.8, 4) is 0 Å². The van der Waals surface area contributed by atoms with E-state index in [0.29, 0.717) is 0 Å². The predicted octanol–water partition coefficient (Wildman–Crippen LogP) is 1.99. The van der Waals surface area contributed by atoms with Gasteiger partial charge in [0.25, 0.3) is 0 Å². The van der Waals surface area contributed by atoms with Crippen LogP contribution in [0.3, 0.4) is 0 Å². The lowest BCUT2D eigenvalue weighted by atomic mass is 10.2. The minimum absolute atomic E-state index is 0.0979. The number of carbonyl (C=O) groups excluding carboxylic acids is 1. The second kappa shape index (κ2) is 4.39. The lowest BCUT2D eigenvalue weighted by Crippen LogP contribution is -2.17. The number of rotatable bonds is 2. The third-order valence-corrected chi connectivity index (χ3v) is 1.49. The number of halogens is 1. The van der Waals surface area contributed by atoms with Crippen LogP contribution in [0.25, 0.3) is 0 Å². The quantitative estimate of drug-likeness (QED) is 0.465. The molecule has 0 radical (unpaired) electrons. The van der Waals surface area contributed by atoms with Gasteiger partial charge in [-0.2, -0.15) is 0 Å². The maximum atomic E-state index is 10.4. The molecule has 1 atom stereocenters. The molecule has 0 unspecified atom stereocenters. The van der Waals surface area contributed by atoms with Crippen molar-refractivity contribution in [2.45, 2.75) is 19.4 Å². The van der Waals surface area contributed by atoms with Crippen LogP contribution in [-0.2, 0) is 9.47 Å². The van der Waals surface area contributed by atoms with Crippen LogP contribution in [0, 0.1) is 5.92 Å². The molecule has 0 aliphatic rings. The van der Waals surface area contributed by atoms with Crippen molar-refractivity contribution in [2.75, 3.05) is 7.11 Å². The van der Waals surface area contributed by atoms with E-state index in [1.165, 1.54) is 7.11 Å². The van der Waals surface area contributed by atoms with Crippen molar-refractivity contribution < 1.29 is 14.3 Å². The molecular formula is C6H11ClO3. The molecule has 60 valence electrons. The van der Waals surface area contributed by atoms with Crippen molar-refractivity contribution in [1.29, 1.82) is 0 Å². The number of carbonyl (C=O) groups is 1. The summed E-state index contributed by atoms with van der Waals surface area (Å²) < 4.78 is 8.79. The van der Waals surface area contributed by atoms with E-state index < -0.39 is 11.7 Å². The fraction of sp³-hybridized carbons (Fsp3) is 0.833. The van der Waals surface area contributed by atoms with E-state index in [4.69, 9.17) is 11.6 Å². The Balaban J connectivity index is 3.57. The molecule has 0 aromatic carbocycles. The number of methoxy groups -OCH3 is 1. The maximum absolute atomic E-state index is 10.4. The van der Waals surface area contributed by atoms with Crippen molar-refractivity contribution in [2.24, 2.45) is 5.92 Å². The van der Waals surface area contributed by atoms with Crippen molar-refractivity contribution in [3.05, 3.63) is 0 Å². The van der Waals surface area contributed by atoms with Crippen molar-refractivity contribution in [3.63, 3.8) is 0 Å². The highest BCUT2D eigenvalue weighted by Crippen LogP contribution is 2.10. The number of alkyl halides is 1. The lowest BCUT2D eigenvalue weighted by molar-refractivity contribution is 0.0498.